The smallest absolute Gasteiger partial charge is 0.451 e. The van der Waals surface area contributed by atoms with Gasteiger partial charge in [0, 0.05) is 13.1 Å². The zero-order chi connectivity index (χ0) is 26.8. The van der Waals surface area contributed by atoms with Gasteiger partial charge in [0.1, 0.15) is 11.6 Å². The topological polar surface area (TPSA) is 100.0 Å². The van der Waals surface area contributed by atoms with Crippen LogP contribution in [0.5, 0.6) is 5.75 Å². The van der Waals surface area contributed by atoms with Crippen molar-refractivity contribution >= 4 is 12.1 Å². The normalized spacial score (nSPS) is 12.2. The molecule has 1 aromatic heterocycles. The Morgan fingerprint density at radius 3 is 2.11 bits per heavy atom. The Morgan fingerprint density at radius 2 is 1.57 bits per heavy atom. The van der Waals surface area contributed by atoms with Crippen LogP contribution in [0.15, 0.2) is 59.5 Å². The zero-order valence-corrected chi connectivity index (χ0v) is 20.5. The van der Waals surface area contributed by atoms with Crippen LogP contribution in [0.3, 0.4) is 0 Å². The van der Waals surface area contributed by atoms with Crippen LogP contribution in [-0.4, -0.2) is 53.7 Å². The van der Waals surface area contributed by atoms with E-state index in [-0.39, 0.29) is 29.0 Å². The lowest BCUT2D eigenvalue weighted by molar-refractivity contribution is 0.0133. The number of hydrogen-bond acceptors (Lipinski definition) is 7. The molecule has 1 aliphatic heterocycles. The largest absolute Gasteiger partial charge is 0.510 e. The van der Waals surface area contributed by atoms with Gasteiger partial charge in [0.25, 0.3) is 5.91 Å². The number of carbonyl (C=O) groups is 2. The first kappa shape index (κ1) is 27.3. The molecular weight excluding hydrogens is 488 g/mol. The lowest BCUT2D eigenvalue weighted by Crippen LogP contribution is -2.43. The van der Waals surface area contributed by atoms with Gasteiger partial charge in [0.05, 0.1) is 19.9 Å². The molecule has 0 spiro atoms. The van der Waals surface area contributed by atoms with Crippen LogP contribution in [-0.2, 0) is 22.4 Å². The number of aromatic nitrogens is 2. The van der Waals surface area contributed by atoms with Gasteiger partial charge in [-0.3, -0.25) is 14.3 Å². The quantitative estimate of drug-likeness (QED) is 0.349. The molecule has 0 bridgehead atoms. The fraction of sp³-hybridized carbons (Fsp3) is 0.308. The Balaban J connectivity index is 0.000000220. The van der Waals surface area contributed by atoms with E-state index in [0.29, 0.717) is 26.1 Å². The van der Waals surface area contributed by atoms with Gasteiger partial charge in [-0.1, -0.05) is 31.2 Å². The van der Waals surface area contributed by atoms with Crippen LogP contribution in [0.2, 0.25) is 0 Å². The van der Waals surface area contributed by atoms with Crippen LogP contribution in [0.25, 0.3) is 0 Å². The molecule has 11 heteroatoms. The van der Waals surface area contributed by atoms with E-state index in [0.717, 1.165) is 30.9 Å². The predicted octanol–water partition coefficient (Wildman–Crippen LogP) is 3.78. The molecule has 196 valence electrons. The Hall–Kier alpha value is -4.28. The van der Waals surface area contributed by atoms with Crippen LogP contribution < -0.4 is 10.2 Å². The molecule has 0 radical (unpaired) electrons. The molecule has 0 fully saturated rings. The molecule has 0 unspecified atom stereocenters. The third kappa shape index (κ3) is 7.60. The summed E-state index contributed by atoms with van der Waals surface area (Å²) in [4.78, 5) is 36.9. The number of ether oxygens (including phenoxy) is 3. The van der Waals surface area contributed by atoms with E-state index in [1.807, 2.05) is 6.92 Å². The minimum atomic E-state index is -0.943. The summed E-state index contributed by atoms with van der Waals surface area (Å²) in [6.45, 7) is 3.00. The molecule has 0 aliphatic carbocycles. The summed E-state index contributed by atoms with van der Waals surface area (Å²) in [6, 6.07) is 12.7. The molecule has 3 aromatic rings. The van der Waals surface area contributed by atoms with Crippen molar-refractivity contribution in [1.29, 1.82) is 0 Å². The van der Waals surface area contributed by atoms with E-state index in [2.05, 4.69) is 14.6 Å². The van der Waals surface area contributed by atoms with Gasteiger partial charge < -0.3 is 19.1 Å². The molecule has 1 amide bonds. The van der Waals surface area contributed by atoms with E-state index in [4.69, 9.17) is 4.74 Å². The Kier molecular flexibility index (Phi) is 9.70. The van der Waals surface area contributed by atoms with E-state index < -0.39 is 18.4 Å². The van der Waals surface area contributed by atoms with Crippen LogP contribution in [0, 0.1) is 11.6 Å². The number of hydrogen-bond donors (Lipinski definition) is 0. The SMILES string of the molecule is CCCN1CCn2ncc(=O)c(OCOC(=O)OC)c2C1=O.Fc1ccc(Cc2ccc(F)cc2)cc1. The van der Waals surface area contributed by atoms with Gasteiger partial charge in [0.2, 0.25) is 18.0 Å². The third-order valence-electron chi connectivity index (χ3n) is 5.36. The average Bonchev–Trinajstić information content (AvgIpc) is 2.90. The number of fused-ring (bicyclic) bond motifs is 1. The Labute approximate surface area is 212 Å². The van der Waals surface area contributed by atoms with Crippen molar-refractivity contribution < 1.29 is 32.6 Å². The molecule has 2 heterocycles. The van der Waals surface area contributed by atoms with Crippen LogP contribution in [0.1, 0.15) is 35.0 Å². The second kappa shape index (κ2) is 13.1. The summed E-state index contributed by atoms with van der Waals surface area (Å²) in [5, 5.41) is 3.93. The van der Waals surface area contributed by atoms with Gasteiger partial charge >= 0.3 is 6.16 Å². The van der Waals surface area contributed by atoms with Crippen molar-refractivity contribution in [2.24, 2.45) is 0 Å². The molecule has 2 aromatic carbocycles. The second-order valence-corrected chi connectivity index (χ2v) is 7.99. The predicted molar refractivity (Wildman–Crippen MR) is 129 cm³/mol. The minimum absolute atomic E-state index is 0.0701. The number of halogens is 2. The highest BCUT2D eigenvalue weighted by Crippen LogP contribution is 2.19. The van der Waals surface area contributed by atoms with E-state index in [1.165, 1.54) is 28.9 Å². The summed E-state index contributed by atoms with van der Waals surface area (Å²) >= 11 is 0. The molecule has 0 saturated heterocycles. The standard InChI is InChI=1S/C13H10F2.C13H17N3O6/c14-12-5-1-10(2-6-12)9-11-3-7-13(15)8-4-11;1-3-4-15-5-6-16-10(12(15)18)11(9(17)7-14-16)21-8-22-13(19)20-2/h1-8H,9H2;7H,3-6,8H2,1-2H3. The van der Waals surface area contributed by atoms with Crippen molar-refractivity contribution in [3.63, 3.8) is 0 Å². The lowest BCUT2D eigenvalue weighted by atomic mass is 10.1. The van der Waals surface area contributed by atoms with Gasteiger partial charge in [-0.25, -0.2) is 13.6 Å². The highest BCUT2D eigenvalue weighted by Gasteiger charge is 2.29. The zero-order valence-electron chi connectivity index (χ0n) is 20.5. The summed E-state index contributed by atoms with van der Waals surface area (Å²) in [5.41, 5.74) is 1.55. The first-order valence-electron chi connectivity index (χ1n) is 11.5. The van der Waals surface area contributed by atoms with Gasteiger partial charge in [-0.15, -0.1) is 0 Å². The van der Waals surface area contributed by atoms with E-state index in [1.54, 1.807) is 29.2 Å². The molecule has 0 atom stereocenters. The molecule has 0 saturated carbocycles. The summed E-state index contributed by atoms with van der Waals surface area (Å²) in [6.07, 6.45) is 1.63. The summed E-state index contributed by atoms with van der Waals surface area (Å²) in [7, 11) is 1.15. The molecule has 0 N–H and O–H groups in total. The second-order valence-electron chi connectivity index (χ2n) is 7.99. The number of amides is 1. The maximum Gasteiger partial charge on any atom is 0.510 e. The van der Waals surface area contributed by atoms with E-state index in [9.17, 15) is 23.2 Å². The fourth-order valence-electron chi connectivity index (χ4n) is 3.57. The third-order valence-corrected chi connectivity index (χ3v) is 5.36. The first-order valence-corrected chi connectivity index (χ1v) is 11.5. The summed E-state index contributed by atoms with van der Waals surface area (Å²) in [5.74, 6) is -0.980. The molecular formula is C26H27F2N3O6. The van der Waals surface area contributed by atoms with Crippen molar-refractivity contribution in [2.45, 2.75) is 26.3 Å². The first-order chi connectivity index (χ1) is 17.8. The van der Waals surface area contributed by atoms with Crippen LogP contribution >= 0.6 is 0 Å². The van der Waals surface area contributed by atoms with Gasteiger partial charge in [-0.2, -0.15) is 5.10 Å². The number of rotatable bonds is 7. The van der Waals surface area contributed by atoms with Gasteiger partial charge in [0.15, 0.2) is 5.69 Å². The molecule has 1 aliphatic rings. The van der Waals surface area contributed by atoms with Crippen molar-refractivity contribution in [3.8, 4) is 5.75 Å². The highest BCUT2D eigenvalue weighted by molar-refractivity contribution is 5.95. The minimum Gasteiger partial charge on any atom is -0.451 e. The number of nitrogens with zero attached hydrogens (tertiary/aromatic N) is 3. The van der Waals surface area contributed by atoms with Crippen molar-refractivity contribution in [3.05, 3.63) is 93.4 Å². The summed E-state index contributed by atoms with van der Waals surface area (Å²) < 4.78 is 40.7. The average molecular weight is 516 g/mol. The van der Waals surface area contributed by atoms with Gasteiger partial charge in [-0.05, 0) is 48.2 Å². The fourth-order valence-corrected chi connectivity index (χ4v) is 3.57. The molecule has 37 heavy (non-hydrogen) atoms. The highest BCUT2D eigenvalue weighted by atomic mass is 19.1. The Bertz CT molecular complexity index is 1220. The number of carbonyl (C=O) groups excluding carboxylic acids is 2. The number of benzene rings is 2. The van der Waals surface area contributed by atoms with E-state index >= 15 is 0 Å². The van der Waals surface area contributed by atoms with Crippen molar-refractivity contribution in [2.75, 3.05) is 27.0 Å². The molecule has 4 rings (SSSR count). The number of methoxy groups -OCH3 is 1. The van der Waals surface area contributed by atoms with Crippen LogP contribution in [0.4, 0.5) is 13.6 Å². The van der Waals surface area contributed by atoms with Crippen molar-refractivity contribution in [1.82, 2.24) is 14.7 Å². The monoisotopic (exact) mass is 515 g/mol. The lowest BCUT2D eigenvalue weighted by Gasteiger charge is -2.29. The Morgan fingerprint density at radius 1 is 0.973 bits per heavy atom. The maximum atomic E-state index is 12.6. The molecule has 9 nitrogen and oxygen atoms in total. The maximum absolute atomic E-state index is 12.6.